The van der Waals surface area contributed by atoms with Gasteiger partial charge in [-0.25, -0.2) is 9.37 Å². The van der Waals surface area contributed by atoms with Crippen LogP contribution >= 0.6 is 0 Å². The van der Waals surface area contributed by atoms with Crippen LogP contribution < -0.4 is 0 Å². The van der Waals surface area contributed by atoms with Gasteiger partial charge >= 0.3 is 0 Å². The van der Waals surface area contributed by atoms with Gasteiger partial charge in [0.15, 0.2) is 0 Å². The molecule has 0 aliphatic heterocycles. The smallest absolute Gasteiger partial charge is 0.123 e. The van der Waals surface area contributed by atoms with E-state index in [1.165, 1.54) is 12.1 Å². The first-order valence-corrected chi connectivity index (χ1v) is 5.64. The molecule has 1 aromatic carbocycles. The molecule has 1 atom stereocenters. The molecular weight excluding hydrogens is 219 g/mol. The molecule has 3 nitrogen and oxygen atoms in total. The zero-order valence-corrected chi connectivity index (χ0v) is 9.68. The van der Waals surface area contributed by atoms with Gasteiger partial charge in [-0.3, -0.25) is 0 Å². The number of aliphatic hydroxyl groups is 1. The van der Waals surface area contributed by atoms with E-state index in [4.69, 9.17) is 0 Å². The molecule has 1 heterocycles. The molecule has 0 spiro atoms. The molecule has 2 aromatic rings. The van der Waals surface area contributed by atoms with Gasteiger partial charge in [0.05, 0.1) is 6.10 Å². The van der Waals surface area contributed by atoms with E-state index in [9.17, 15) is 9.50 Å². The number of halogens is 1. The fourth-order valence-corrected chi connectivity index (χ4v) is 1.82. The number of aryl methyl sites for hydroxylation is 1. The van der Waals surface area contributed by atoms with Crippen LogP contribution in [0.15, 0.2) is 36.7 Å². The van der Waals surface area contributed by atoms with Crippen molar-refractivity contribution in [3.63, 3.8) is 0 Å². The van der Waals surface area contributed by atoms with Gasteiger partial charge in [-0.1, -0.05) is 12.1 Å². The Kier molecular flexibility index (Phi) is 3.54. The second kappa shape index (κ2) is 5.10. The van der Waals surface area contributed by atoms with E-state index >= 15 is 0 Å². The highest BCUT2D eigenvalue weighted by atomic mass is 19.1. The number of benzene rings is 1. The molecule has 0 radical (unpaired) electrons. The minimum Gasteiger partial charge on any atom is -0.388 e. The molecule has 1 N–H and O–H groups in total. The van der Waals surface area contributed by atoms with Crippen LogP contribution in [0.5, 0.6) is 0 Å². The summed E-state index contributed by atoms with van der Waals surface area (Å²) >= 11 is 0. The van der Waals surface area contributed by atoms with Crippen molar-refractivity contribution in [2.75, 3.05) is 0 Å². The van der Waals surface area contributed by atoms with E-state index in [1.54, 1.807) is 18.3 Å². The van der Waals surface area contributed by atoms with Crippen molar-refractivity contribution in [2.45, 2.75) is 26.0 Å². The van der Waals surface area contributed by atoms with E-state index in [-0.39, 0.29) is 5.82 Å². The van der Waals surface area contributed by atoms with Crippen LogP contribution in [-0.4, -0.2) is 14.7 Å². The topological polar surface area (TPSA) is 38.0 Å². The summed E-state index contributed by atoms with van der Waals surface area (Å²) in [4.78, 5) is 4.18. The number of hydrogen-bond donors (Lipinski definition) is 1. The molecule has 17 heavy (non-hydrogen) atoms. The quantitative estimate of drug-likeness (QED) is 0.881. The monoisotopic (exact) mass is 234 g/mol. The SMILES string of the molecule is CCn1ccnc1CC(O)c1cccc(F)c1. The minimum absolute atomic E-state index is 0.333. The van der Waals surface area contributed by atoms with Crippen LogP contribution in [0.1, 0.15) is 24.4 Å². The summed E-state index contributed by atoms with van der Waals surface area (Å²) < 4.78 is 15.0. The normalized spacial score (nSPS) is 12.6. The third kappa shape index (κ3) is 2.71. The number of aromatic nitrogens is 2. The molecule has 90 valence electrons. The summed E-state index contributed by atoms with van der Waals surface area (Å²) in [5.41, 5.74) is 0.579. The van der Waals surface area contributed by atoms with Crippen LogP contribution in [0.3, 0.4) is 0 Å². The maximum atomic E-state index is 13.0. The molecule has 4 heteroatoms. The first kappa shape index (κ1) is 11.8. The number of rotatable bonds is 4. The highest BCUT2D eigenvalue weighted by Crippen LogP contribution is 2.18. The van der Waals surface area contributed by atoms with Crippen molar-refractivity contribution in [1.82, 2.24) is 9.55 Å². The van der Waals surface area contributed by atoms with E-state index in [0.717, 1.165) is 12.4 Å². The molecule has 2 rings (SSSR count). The van der Waals surface area contributed by atoms with Crippen LogP contribution in [0.4, 0.5) is 4.39 Å². The number of nitrogens with zero attached hydrogens (tertiary/aromatic N) is 2. The van der Waals surface area contributed by atoms with Crippen molar-refractivity contribution >= 4 is 0 Å². The van der Waals surface area contributed by atoms with Crippen molar-refractivity contribution in [2.24, 2.45) is 0 Å². The maximum Gasteiger partial charge on any atom is 0.123 e. The number of imidazole rings is 1. The predicted molar refractivity (Wildman–Crippen MR) is 63.0 cm³/mol. The largest absolute Gasteiger partial charge is 0.388 e. The molecule has 0 aliphatic carbocycles. The Balaban J connectivity index is 2.14. The van der Waals surface area contributed by atoms with Crippen LogP contribution in [0.25, 0.3) is 0 Å². The van der Waals surface area contributed by atoms with Crippen molar-refractivity contribution in [1.29, 1.82) is 0 Å². The first-order valence-electron chi connectivity index (χ1n) is 5.64. The highest BCUT2D eigenvalue weighted by molar-refractivity contribution is 5.19. The standard InChI is InChI=1S/C13H15FN2O/c1-2-16-7-6-15-13(16)9-12(17)10-4-3-5-11(14)8-10/h3-8,12,17H,2,9H2,1H3. The third-order valence-electron chi connectivity index (χ3n) is 2.75. The molecule has 0 aliphatic rings. The summed E-state index contributed by atoms with van der Waals surface area (Å²) in [5.74, 6) is 0.477. The average Bonchev–Trinajstić information content (AvgIpc) is 2.76. The molecular formula is C13H15FN2O. The Morgan fingerprint density at radius 3 is 3.00 bits per heavy atom. The Morgan fingerprint density at radius 1 is 1.47 bits per heavy atom. The van der Waals surface area contributed by atoms with E-state index in [0.29, 0.717) is 12.0 Å². The zero-order chi connectivity index (χ0) is 12.3. The van der Waals surface area contributed by atoms with Crippen LogP contribution in [0.2, 0.25) is 0 Å². The lowest BCUT2D eigenvalue weighted by atomic mass is 10.1. The van der Waals surface area contributed by atoms with Crippen molar-refractivity contribution in [3.8, 4) is 0 Å². The van der Waals surface area contributed by atoms with Gasteiger partial charge in [-0.15, -0.1) is 0 Å². The van der Waals surface area contributed by atoms with Gasteiger partial charge in [-0.2, -0.15) is 0 Å². The minimum atomic E-state index is -0.724. The summed E-state index contributed by atoms with van der Waals surface area (Å²) in [7, 11) is 0. The molecule has 0 fully saturated rings. The van der Waals surface area contributed by atoms with E-state index in [1.807, 2.05) is 17.7 Å². The summed E-state index contributed by atoms with van der Waals surface area (Å²) in [5, 5.41) is 10.0. The Morgan fingerprint density at radius 2 is 2.29 bits per heavy atom. The van der Waals surface area contributed by atoms with Crippen molar-refractivity contribution in [3.05, 3.63) is 53.9 Å². The van der Waals surface area contributed by atoms with Crippen LogP contribution in [-0.2, 0) is 13.0 Å². The fourth-order valence-electron chi connectivity index (χ4n) is 1.82. The fraction of sp³-hybridized carbons (Fsp3) is 0.308. The molecule has 0 saturated heterocycles. The van der Waals surface area contributed by atoms with E-state index < -0.39 is 6.10 Å². The third-order valence-corrected chi connectivity index (χ3v) is 2.75. The second-order valence-corrected chi connectivity index (χ2v) is 3.90. The highest BCUT2D eigenvalue weighted by Gasteiger charge is 2.12. The first-order chi connectivity index (χ1) is 8.20. The van der Waals surface area contributed by atoms with Gasteiger partial charge in [0.2, 0.25) is 0 Å². The van der Waals surface area contributed by atoms with Crippen LogP contribution in [0, 0.1) is 5.82 Å². The lowest BCUT2D eigenvalue weighted by Gasteiger charge is -2.11. The zero-order valence-electron chi connectivity index (χ0n) is 9.68. The molecule has 0 amide bonds. The van der Waals surface area contributed by atoms with Gasteiger partial charge in [-0.05, 0) is 24.6 Å². The number of hydrogen-bond acceptors (Lipinski definition) is 2. The lowest BCUT2D eigenvalue weighted by Crippen LogP contribution is -2.08. The van der Waals surface area contributed by atoms with Gasteiger partial charge < -0.3 is 9.67 Å². The predicted octanol–water partition coefficient (Wildman–Crippen LogP) is 2.32. The molecule has 0 saturated carbocycles. The van der Waals surface area contributed by atoms with Crippen molar-refractivity contribution < 1.29 is 9.50 Å². The molecule has 1 aromatic heterocycles. The summed E-state index contributed by atoms with van der Waals surface area (Å²) in [6, 6.07) is 6.03. The summed E-state index contributed by atoms with van der Waals surface area (Å²) in [6.07, 6.45) is 3.24. The van der Waals surface area contributed by atoms with Gasteiger partial charge in [0, 0.05) is 25.4 Å². The van der Waals surface area contributed by atoms with Gasteiger partial charge in [0.25, 0.3) is 0 Å². The Bertz CT molecular complexity index is 496. The Labute approximate surface area is 99.5 Å². The number of aliphatic hydroxyl groups excluding tert-OH is 1. The average molecular weight is 234 g/mol. The Hall–Kier alpha value is -1.68. The lowest BCUT2D eigenvalue weighted by molar-refractivity contribution is 0.174. The van der Waals surface area contributed by atoms with Gasteiger partial charge in [0.1, 0.15) is 11.6 Å². The molecule has 0 bridgehead atoms. The summed E-state index contributed by atoms with van der Waals surface area (Å²) in [6.45, 7) is 2.82. The molecule has 1 unspecified atom stereocenters. The van der Waals surface area contributed by atoms with E-state index in [2.05, 4.69) is 4.98 Å². The second-order valence-electron chi connectivity index (χ2n) is 3.90. The maximum absolute atomic E-state index is 13.0.